The number of carbonyl (C=O) groups excluding carboxylic acids is 1. The van der Waals surface area contributed by atoms with Gasteiger partial charge in [-0.05, 0) is 48.0 Å². The smallest absolute Gasteiger partial charge is 0.244 e. The maximum atomic E-state index is 11.6. The lowest BCUT2D eigenvalue weighted by Gasteiger charge is -1.91. The van der Waals surface area contributed by atoms with Crippen molar-refractivity contribution in [2.45, 2.75) is 6.92 Å². The second-order valence-corrected chi connectivity index (χ2v) is 5.93. The van der Waals surface area contributed by atoms with Crippen LogP contribution < -0.4 is 0 Å². The van der Waals surface area contributed by atoms with Crippen LogP contribution in [0.15, 0.2) is 22.1 Å². The van der Waals surface area contributed by atoms with E-state index < -0.39 is 0 Å². The summed E-state index contributed by atoms with van der Waals surface area (Å²) in [7, 11) is 0. The minimum atomic E-state index is 0.0483. The van der Waals surface area contributed by atoms with Crippen molar-refractivity contribution in [3.63, 3.8) is 0 Å². The monoisotopic (exact) mass is 255 g/mol. The molecule has 0 N–H and O–H groups in total. The van der Waals surface area contributed by atoms with E-state index in [9.17, 15) is 4.79 Å². The van der Waals surface area contributed by atoms with Crippen LogP contribution in [0.4, 0.5) is 0 Å². The topological polar surface area (TPSA) is 29.4 Å². The van der Waals surface area contributed by atoms with Gasteiger partial charge in [0.05, 0.1) is 0 Å². The number of hydrogen-bond donors (Lipinski definition) is 0. The Kier molecular flexibility index (Phi) is 3.33. The largest absolute Gasteiger partial charge is 0.279 e. The van der Waals surface area contributed by atoms with Crippen molar-refractivity contribution in [3.8, 4) is 0 Å². The minimum Gasteiger partial charge on any atom is -0.279 e. The number of nitrogens with zero attached hydrogens (tertiary/aromatic N) is 1. The lowest BCUT2D eigenvalue weighted by molar-refractivity contribution is -0.107. The first-order chi connectivity index (χ1) is 7.20. The molecule has 2 heterocycles. The van der Waals surface area contributed by atoms with Gasteiger partial charge in [0.25, 0.3) is 0 Å². The summed E-state index contributed by atoms with van der Waals surface area (Å²) in [5.41, 5.74) is 1.76. The summed E-state index contributed by atoms with van der Waals surface area (Å²) in [5, 5.41) is 2.07. The lowest BCUT2D eigenvalue weighted by atomic mass is 10.2. The predicted molar refractivity (Wildman–Crippen MR) is 70.6 cm³/mol. The third-order valence-corrected chi connectivity index (χ3v) is 4.76. The van der Waals surface area contributed by atoms with Crippen LogP contribution in [0.2, 0.25) is 0 Å². The van der Waals surface area contributed by atoms with Gasteiger partial charge < -0.3 is 0 Å². The highest BCUT2D eigenvalue weighted by Crippen LogP contribution is 2.31. The minimum absolute atomic E-state index is 0.0483. The molecule has 1 aliphatic heterocycles. The molecular formula is C10H9NOS3. The highest BCUT2D eigenvalue weighted by molar-refractivity contribution is 8.45. The highest BCUT2D eigenvalue weighted by Gasteiger charge is 2.21. The van der Waals surface area contributed by atoms with Crippen molar-refractivity contribution in [1.29, 1.82) is 0 Å². The van der Waals surface area contributed by atoms with Gasteiger partial charge in [-0.1, -0.05) is 0 Å². The second-order valence-electron chi connectivity index (χ2n) is 2.97. The van der Waals surface area contributed by atoms with Gasteiger partial charge in [-0.15, -0.1) is 23.1 Å². The normalized spacial score (nSPS) is 18.7. The SMILES string of the molecule is CSC1=N/C(=C\c2sccc2C)C(=O)S1. The first-order valence-electron chi connectivity index (χ1n) is 4.31. The van der Waals surface area contributed by atoms with E-state index in [2.05, 4.69) is 4.99 Å². The number of aryl methyl sites for hydroxylation is 1. The Morgan fingerprint density at radius 3 is 2.87 bits per heavy atom. The number of thioether (sulfide) groups is 2. The molecule has 15 heavy (non-hydrogen) atoms. The average Bonchev–Trinajstić information content (AvgIpc) is 2.76. The van der Waals surface area contributed by atoms with Crippen LogP contribution in [-0.4, -0.2) is 15.7 Å². The molecule has 1 aromatic rings. The molecule has 0 saturated heterocycles. The van der Waals surface area contributed by atoms with Gasteiger partial charge in [0.2, 0.25) is 5.12 Å². The zero-order valence-corrected chi connectivity index (χ0v) is 10.8. The summed E-state index contributed by atoms with van der Waals surface area (Å²) in [6.07, 6.45) is 3.80. The fourth-order valence-corrected chi connectivity index (χ4v) is 3.25. The maximum Gasteiger partial charge on any atom is 0.244 e. The van der Waals surface area contributed by atoms with Crippen LogP contribution in [0.1, 0.15) is 10.4 Å². The Balaban J connectivity index is 2.32. The van der Waals surface area contributed by atoms with Crippen molar-refractivity contribution in [1.82, 2.24) is 0 Å². The number of aliphatic imine (C=N–C) groups is 1. The third-order valence-electron chi connectivity index (χ3n) is 1.95. The molecule has 2 rings (SSSR count). The van der Waals surface area contributed by atoms with E-state index in [-0.39, 0.29) is 5.12 Å². The number of carbonyl (C=O) groups is 1. The molecule has 1 aliphatic rings. The molecule has 0 fully saturated rings. The molecule has 0 saturated carbocycles. The molecule has 0 aliphatic carbocycles. The molecule has 0 radical (unpaired) electrons. The van der Waals surface area contributed by atoms with Gasteiger partial charge >= 0.3 is 0 Å². The molecule has 5 heteroatoms. The van der Waals surface area contributed by atoms with Crippen molar-refractivity contribution < 1.29 is 4.79 Å². The van der Waals surface area contributed by atoms with Crippen LogP contribution >= 0.6 is 34.9 Å². The fraction of sp³-hybridized carbons (Fsp3) is 0.200. The summed E-state index contributed by atoms with van der Waals surface area (Å²) in [6, 6.07) is 2.04. The van der Waals surface area contributed by atoms with E-state index in [1.807, 2.05) is 30.7 Å². The number of hydrogen-bond acceptors (Lipinski definition) is 5. The van der Waals surface area contributed by atoms with Crippen LogP contribution in [0.25, 0.3) is 6.08 Å². The molecule has 78 valence electrons. The van der Waals surface area contributed by atoms with Crippen LogP contribution in [0, 0.1) is 6.92 Å². The van der Waals surface area contributed by atoms with Crippen molar-refractivity contribution in [2.24, 2.45) is 4.99 Å². The number of thiophene rings is 1. The Labute approximate surface area is 101 Å². The summed E-state index contributed by atoms with van der Waals surface area (Å²) in [6.45, 7) is 2.04. The van der Waals surface area contributed by atoms with Crippen molar-refractivity contribution in [2.75, 3.05) is 6.26 Å². The van der Waals surface area contributed by atoms with Gasteiger partial charge in [0.15, 0.2) is 0 Å². The number of rotatable bonds is 1. The molecular weight excluding hydrogens is 246 g/mol. The average molecular weight is 255 g/mol. The third kappa shape index (κ3) is 2.35. The summed E-state index contributed by atoms with van der Waals surface area (Å²) >= 11 is 4.36. The second kappa shape index (κ2) is 4.55. The van der Waals surface area contributed by atoms with E-state index in [1.165, 1.54) is 29.1 Å². The predicted octanol–water partition coefficient (Wildman–Crippen LogP) is 3.39. The lowest BCUT2D eigenvalue weighted by Crippen LogP contribution is -1.87. The Morgan fingerprint density at radius 2 is 2.33 bits per heavy atom. The van der Waals surface area contributed by atoms with E-state index >= 15 is 0 Å². The van der Waals surface area contributed by atoms with Gasteiger partial charge in [-0.3, -0.25) is 4.79 Å². The van der Waals surface area contributed by atoms with Crippen molar-refractivity contribution in [3.05, 3.63) is 27.6 Å². The van der Waals surface area contributed by atoms with Gasteiger partial charge in [-0.2, -0.15) is 0 Å². The quantitative estimate of drug-likeness (QED) is 0.720. The Morgan fingerprint density at radius 1 is 1.53 bits per heavy atom. The van der Waals surface area contributed by atoms with E-state index in [0.717, 1.165) is 9.25 Å². The van der Waals surface area contributed by atoms with Gasteiger partial charge in [-0.25, -0.2) is 4.99 Å². The molecule has 0 spiro atoms. The molecule has 0 aromatic carbocycles. The zero-order chi connectivity index (χ0) is 10.8. The van der Waals surface area contributed by atoms with E-state index in [4.69, 9.17) is 0 Å². The maximum absolute atomic E-state index is 11.6. The molecule has 0 bridgehead atoms. The summed E-state index contributed by atoms with van der Waals surface area (Å²) in [5.74, 6) is 0. The van der Waals surface area contributed by atoms with Crippen molar-refractivity contribution >= 4 is 50.4 Å². The highest BCUT2D eigenvalue weighted by atomic mass is 32.2. The van der Waals surface area contributed by atoms with Crippen LogP contribution in [-0.2, 0) is 4.79 Å². The van der Waals surface area contributed by atoms with E-state index in [1.54, 1.807) is 11.3 Å². The molecule has 0 atom stereocenters. The Hall–Kier alpha value is -0.520. The molecule has 1 aromatic heterocycles. The van der Waals surface area contributed by atoms with Gasteiger partial charge in [0, 0.05) is 4.88 Å². The molecule has 2 nitrogen and oxygen atoms in total. The zero-order valence-electron chi connectivity index (χ0n) is 8.31. The Bertz CT molecular complexity index is 459. The first-order valence-corrected chi connectivity index (χ1v) is 7.23. The van der Waals surface area contributed by atoms with Crippen LogP contribution in [0.3, 0.4) is 0 Å². The fourth-order valence-electron chi connectivity index (χ4n) is 1.13. The summed E-state index contributed by atoms with van der Waals surface area (Å²) in [4.78, 5) is 16.9. The first kappa shape index (κ1) is 11.0. The standard InChI is InChI=1S/C10H9NOS3/c1-6-3-4-14-8(6)5-7-9(12)15-10(11-7)13-2/h3-5H,1-2H3/b7-5-. The van der Waals surface area contributed by atoms with E-state index in [0.29, 0.717) is 5.70 Å². The van der Waals surface area contributed by atoms with Gasteiger partial charge in [0.1, 0.15) is 10.1 Å². The molecule has 0 unspecified atom stereocenters. The molecule has 0 amide bonds. The van der Waals surface area contributed by atoms with Crippen LogP contribution in [0.5, 0.6) is 0 Å². The summed E-state index contributed by atoms with van der Waals surface area (Å²) < 4.78 is 0.834.